The highest BCUT2D eigenvalue weighted by atomic mass is 32.2. The fourth-order valence-corrected chi connectivity index (χ4v) is 3.47. The molecule has 0 aliphatic carbocycles. The predicted molar refractivity (Wildman–Crippen MR) is 79.5 cm³/mol. The van der Waals surface area contributed by atoms with Crippen molar-refractivity contribution in [3.63, 3.8) is 0 Å². The molecule has 1 atom stereocenters. The summed E-state index contributed by atoms with van der Waals surface area (Å²) >= 11 is 1.34. The fraction of sp³-hybridized carbons (Fsp3) is 0.214. The summed E-state index contributed by atoms with van der Waals surface area (Å²) in [5.41, 5.74) is 7.02. The number of primary amides is 1. The standard InChI is InChI=1S/C14H13N3O3S/c1-7-11(13(15)20)12(8-2-4-9(18)5-3-8)17-10(19)6-21-14(17)16-7/h2-5,12,18H,6H2,1H3,(H2,15,20). The minimum atomic E-state index is -0.599. The molecule has 21 heavy (non-hydrogen) atoms. The Bertz CT molecular complexity index is 694. The summed E-state index contributed by atoms with van der Waals surface area (Å²) in [5, 5.41) is 9.99. The van der Waals surface area contributed by atoms with E-state index in [2.05, 4.69) is 4.99 Å². The molecule has 2 amide bonds. The number of amidine groups is 1. The topological polar surface area (TPSA) is 96.0 Å². The molecule has 2 aliphatic rings. The van der Waals surface area contributed by atoms with Gasteiger partial charge in [0.25, 0.3) is 0 Å². The van der Waals surface area contributed by atoms with Gasteiger partial charge in [0.1, 0.15) is 5.75 Å². The van der Waals surface area contributed by atoms with Crippen LogP contribution in [0.4, 0.5) is 0 Å². The van der Waals surface area contributed by atoms with Gasteiger partial charge in [0, 0.05) is 0 Å². The highest BCUT2D eigenvalue weighted by Crippen LogP contribution is 2.40. The van der Waals surface area contributed by atoms with E-state index in [-0.39, 0.29) is 11.7 Å². The number of rotatable bonds is 2. The van der Waals surface area contributed by atoms with Gasteiger partial charge in [-0.05, 0) is 24.6 Å². The summed E-state index contributed by atoms with van der Waals surface area (Å²) in [6, 6.07) is 5.80. The Morgan fingerprint density at radius 1 is 1.43 bits per heavy atom. The van der Waals surface area contributed by atoms with E-state index in [1.165, 1.54) is 28.8 Å². The van der Waals surface area contributed by atoms with Crippen LogP contribution in [0.15, 0.2) is 40.5 Å². The lowest BCUT2D eigenvalue weighted by Gasteiger charge is -2.32. The van der Waals surface area contributed by atoms with Crippen molar-refractivity contribution in [2.45, 2.75) is 13.0 Å². The summed E-state index contributed by atoms with van der Waals surface area (Å²) in [6.45, 7) is 1.71. The first-order chi connectivity index (χ1) is 9.99. The van der Waals surface area contributed by atoms with Crippen molar-refractivity contribution in [3.8, 4) is 5.75 Å². The number of aromatic hydroxyl groups is 1. The van der Waals surface area contributed by atoms with Gasteiger partial charge in [-0.2, -0.15) is 0 Å². The Kier molecular flexibility index (Phi) is 3.21. The van der Waals surface area contributed by atoms with Crippen molar-refractivity contribution in [2.75, 3.05) is 5.75 Å². The minimum Gasteiger partial charge on any atom is -0.508 e. The van der Waals surface area contributed by atoms with Crippen LogP contribution < -0.4 is 5.73 Å². The molecule has 3 rings (SSSR count). The number of hydrogen-bond donors (Lipinski definition) is 2. The summed E-state index contributed by atoms with van der Waals surface area (Å²) in [6.07, 6.45) is 0. The minimum absolute atomic E-state index is 0.108. The lowest BCUT2D eigenvalue weighted by atomic mass is 9.94. The number of thioether (sulfide) groups is 1. The van der Waals surface area contributed by atoms with Crippen LogP contribution in [0.25, 0.3) is 0 Å². The number of allylic oxidation sites excluding steroid dienone is 1. The number of phenolic OH excluding ortho intramolecular Hbond substituents is 1. The molecule has 0 spiro atoms. The van der Waals surface area contributed by atoms with Gasteiger partial charge in [0.2, 0.25) is 11.8 Å². The third kappa shape index (κ3) is 2.19. The van der Waals surface area contributed by atoms with E-state index < -0.39 is 11.9 Å². The first-order valence-corrected chi connectivity index (χ1v) is 7.30. The normalized spacial score (nSPS) is 21.4. The number of hydrogen-bond acceptors (Lipinski definition) is 5. The summed E-state index contributed by atoms with van der Waals surface area (Å²) in [7, 11) is 0. The molecule has 6 nitrogen and oxygen atoms in total. The van der Waals surface area contributed by atoms with E-state index in [4.69, 9.17) is 5.73 Å². The van der Waals surface area contributed by atoms with Gasteiger partial charge >= 0.3 is 0 Å². The van der Waals surface area contributed by atoms with Gasteiger partial charge in [0.05, 0.1) is 23.1 Å². The van der Waals surface area contributed by atoms with Crippen LogP contribution in [0.2, 0.25) is 0 Å². The number of phenols is 1. The number of nitrogens with two attached hydrogens (primary N) is 1. The van der Waals surface area contributed by atoms with Gasteiger partial charge < -0.3 is 10.8 Å². The maximum absolute atomic E-state index is 12.1. The van der Waals surface area contributed by atoms with Crippen LogP contribution in [0.5, 0.6) is 5.75 Å². The SMILES string of the molecule is CC1=C(C(N)=O)C(c2ccc(O)cc2)N2C(=O)CSC2=N1. The van der Waals surface area contributed by atoms with Gasteiger partial charge in [-0.1, -0.05) is 23.9 Å². The zero-order valence-electron chi connectivity index (χ0n) is 11.2. The zero-order chi connectivity index (χ0) is 15.1. The van der Waals surface area contributed by atoms with E-state index >= 15 is 0 Å². The lowest BCUT2D eigenvalue weighted by Crippen LogP contribution is -2.40. The number of nitrogens with zero attached hydrogens (tertiary/aromatic N) is 2. The summed E-state index contributed by atoms with van der Waals surface area (Å²) in [5.74, 6) is -0.291. The van der Waals surface area contributed by atoms with Crippen LogP contribution in [0.3, 0.4) is 0 Å². The predicted octanol–water partition coefficient (Wildman–Crippen LogP) is 1.14. The van der Waals surface area contributed by atoms with Gasteiger partial charge in [-0.3, -0.25) is 14.5 Å². The first-order valence-electron chi connectivity index (χ1n) is 6.32. The number of fused-ring (bicyclic) bond motifs is 1. The number of benzene rings is 1. The van der Waals surface area contributed by atoms with Crippen LogP contribution >= 0.6 is 11.8 Å². The van der Waals surface area contributed by atoms with Crippen LogP contribution in [-0.4, -0.2) is 32.7 Å². The Hall–Kier alpha value is -2.28. The number of amides is 2. The summed E-state index contributed by atoms with van der Waals surface area (Å²) < 4.78 is 0. The molecule has 1 unspecified atom stereocenters. The van der Waals surface area contributed by atoms with Gasteiger partial charge in [-0.25, -0.2) is 4.99 Å². The number of carbonyl (C=O) groups excluding carboxylic acids is 2. The molecule has 0 bridgehead atoms. The van der Waals surface area contributed by atoms with Crippen molar-refractivity contribution in [3.05, 3.63) is 41.1 Å². The van der Waals surface area contributed by atoms with E-state index in [1.807, 2.05) is 0 Å². The molecule has 2 heterocycles. The molecule has 1 fully saturated rings. The Balaban J connectivity index is 2.17. The van der Waals surface area contributed by atoms with E-state index in [1.54, 1.807) is 19.1 Å². The molecule has 3 N–H and O–H groups in total. The fourth-order valence-electron chi connectivity index (χ4n) is 2.53. The Morgan fingerprint density at radius 2 is 2.10 bits per heavy atom. The van der Waals surface area contributed by atoms with Crippen molar-refractivity contribution in [1.82, 2.24) is 4.90 Å². The second-order valence-electron chi connectivity index (χ2n) is 4.80. The third-order valence-corrected chi connectivity index (χ3v) is 4.40. The summed E-state index contributed by atoms with van der Waals surface area (Å²) in [4.78, 5) is 29.8. The molecular weight excluding hydrogens is 290 g/mol. The molecule has 0 aromatic heterocycles. The highest BCUT2D eigenvalue weighted by Gasteiger charge is 2.42. The molecule has 1 aromatic carbocycles. The molecule has 2 aliphatic heterocycles. The van der Waals surface area contributed by atoms with Crippen LogP contribution in [-0.2, 0) is 9.59 Å². The van der Waals surface area contributed by atoms with Gasteiger partial charge in [-0.15, -0.1) is 0 Å². The van der Waals surface area contributed by atoms with E-state index in [0.29, 0.717) is 27.8 Å². The third-order valence-electron chi connectivity index (χ3n) is 3.46. The van der Waals surface area contributed by atoms with Crippen molar-refractivity contribution < 1.29 is 14.7 Å². The van der Waals surface area contributed by atoms with Crippen LogP contribution in [0.1, 0.15) is 18.5 Å². The second-order valence-corrected chi connectivity index (χ2v) is 5.75. The smallest absolute Gasteiger partial charge is 0.248 e. The maximum atomic E-state index is 12.1. The molecule has 0 radical (unpaired) electrons. The lowest BCUT2D eigenvalue weighted by molar-refractivity contribution is -0.125. The Morgan fingerprint density at radius 3 is 2.71 bits per heavy atom. The zero-order valence-corrected chi connectivity index (χ0v) is 12.1. The van der Waals surface area contributed by atoms with Crippen molar-refractivity contribution >= 4 is 28.7 Å². The monoisotopic (exact) mass is 303 g/mol. The number of aliphatic imine (C=N–C) groups is 1. The average molecular weight is 303 g/mol. The van der Waals surface area contributed by atoms with E-state index in [0.717, 1.165) is 0 Å². The van der Waals surface area contributed by atoms with Gasteiger partial charge in [0.15, 0.2) is 5.17 Å². The largest absolute Gasteiger partial charge is 0.508 e. The molecule has 1 saturated heterocycles. The molecule has 0 saturated carbocycles. The number of carbonyl (C=O) groups is 2. The van der Waals surface area contributed by atoms with Crippen LogP contribution in [0, 0.1) is 0 Å². The average Bonchev–Trinajstić information content (AvgIpc) is 2.79. The Labute approximate surface area is 125 Å². The molecule has 108 valence electrons. The molecule has 7 heteroatoms. The molecule has 1 aromatic rings. The van der Waals surface area contributed by atoms with E-state index in [9.17, 15) is 14.7 Å². The van der Waals surface area contributed by atoms with Crippen molar-refractivity contribution in [2.24, 2.45) is 10.7 Å². The molecular formula is C14H13N3O3S. The quantitative estimate of drug-likeness (QED) is 0.856. The first kappa shape index (κ1) is 13.7. The maximum Gasteiger partial charge on any atom is 0.248 e. The second kappa shape index (κ2) is 4.92. The van der Waals surface area contributed by atoms with Crippen molar-refractivity contribution in [1.29, 1.82) is 0 Å². The highest BCUT2D eigenvalue weighted by molar-refractivity contribution is 8.15.